The number of hydrogen-bond acceptors (Lipinski definition) is 5. The third-order valence-corrected chi connectivity index (χ3v) is 4.11. The Morgan fingerprint density at radius 2 is 1.97 bits per heavy atom. The van der Waals surface area contributed by atoms with Crippen LogP contribution < -0.4 is 0 Å². The summed E-state index contributed by atoms with van der Waals surface area (Å²) < 4.78 is 5.33. The molecule has 7 heteroatoms. The van der Waals surface area contributed by atoms with Gasteiger partial charge in [-0.25, -0.2) is 4.79 Å². The molecule has 0 aliphatic rings. The van der Waals surface area contributed by atoms with E-state index >= 15 is 0 Å². The van der Waals surface area contributed by atoms with Crippen molar-refractivity contribution in [2.24, 2.45) is 5.16 Å². The van der Waals surface area contributed by atoms with Crippen LogP contribution in [0.4, 0.5) is 4.79 Å². The molecule has 0 radical (unpaired) electrons. The Kier molecular flexibility index (Phi) is 6.16. The molecule has 1 aromatic carbocycles. The van der Waals surface area contributed by atoms with E-state index in [1.165, 1.54) is 4.90 Å². The van der Waals surface area contributed by atoms with Gasteiger partial charge in [-0.1, -0.05) is 35.5 Å². The fourth-order valence-corrected chi connectivity index (χ4v) is 2.67. The zero-order valence-electron chi connectivity index (χ0n) is 17.2. The van der Waals surface area contributed by atoms with Crippen molar-refractivity contribution in [3.8, 4) is 0 Å². The van der Waals surface area contributed by atoms with E-state index in [1.807, 2.05) is 63.2 Å². The molecule has 2 heterocycles. The van der Waals surface area contributed by atoms with Gasteiger partial charge in [0.15, 0.2) is 0 Å². The monoisotopic (exact) mass is 394 g/mol. The number of aromatic amines is 1. The maximum absolute atomic E-state index is 12.0. The first-order chi connectivity index (χ1) is 13.8. The normalized spacial score (nSPS) is 12.1. The SMILES string of the molecule is CN(CCO/N=C(/c1ccccc1)c1cc2ccncc2[nH]1)C(=O)OC(C)(C)C. The number of likely N-dealkylation sites (N-methyl/N-ethyl adjacent to an activating group) is 1. The average molecular weight is 394 g/mol. The van der Waals surface area contributed by atoms with Gasteiger partial charge in [-0.2, -0.15) is 0 Å². The average Bonchev–Trinajstić information content (AvgIpc) is 3.10. The van der Waals surface area contributed by atoms with Crippen LogP contribution in [0.1, 0.15) is 32.0 Å². The number of carbonyl (C=O) groups excluding carboxylic acids is 1. The molecule has 1 N–H and O–H groups in total. The molecule has 3 rings (SSSR count). The molecule has 7 nitrogen and oxygen atoms in total. The second-order valence-corrected chi connectivity index (χ2v) is 7.69. The van der Waals surface area contributed by atoms with Crippen LogP contribution in [0.15, 0.2) is 60.0 Å². The molecule has 1 amide bonds. The Balaban J connectivity index is 1.72. The number of aromatic nitrogens is 2. The lowest BCUT2D eigenvalue weighted by atomic mass is 10.1. The van der Waals surface area contributed by atoms with Gasteiger partial charge in [0.2, 0.25) is 0 Å². The van der Waals surface area contributed by atoms with Crippen molar-refractivity contribution in [3.63, 3.8) is 0 Å². The maximum Gasteiger partial charge on any atom is 0.410 e. The number of nitrogens with one attached hydrogen (secondary N) is 1. The van der Waals surface area contributed by atoms with Crippen LogP contribution in [0.3, 0.4) is 0 Å². The predicted octanol–water partition coefficient (Wildman–Crippen LogP) is 4.20. The minimum absolute atomic E-state index is 0.244. The van der Waals surface area contributed by atoms with E-state index in [9.17, 15) is 4.79 Å². The molecule has 0 saturated carbocycles. The van der Waals surface area contributed by atoms with Gasteiger partial charge in [-0.05, 0) is 32.9 Å². The zero-order valence-corrected chi connectivity index (χ0v) is 17.2. The summed E-state index contributed by atoms with van der Waals surface area (Å²) in [7, 11) is 1.67. The molecular weight excluding hydrogens is 368 g/mol. The topological polar surface area (TPSA) is 79.8 Å². The van der Waals surface area contributed by atoms with Crippen molar-refractivity contribution < 1.29 is 14.4 Å². The lowest BCUT2D eigenvalue weighted by molar-refractivity contribution is 0.0236. The van der Waals surface area contributed by atoms with Crippen molar-refractivity contribution in [1.82, 2.24) is 14.9 Å². The van der Waals surface area contributed by atoms with Crippen LogP contribution in [0.2, 0.25) is 0 Å². The van der Waals surface area contributed by atoms with Crippen LogP contribution in [0.25, 0.3) is 10.9 Å². The molecular formula is C22H26N4O3. The summed E-state index contributed by atoms with van der Waals surface area (Å²) in [6, 6.07) is 13.7. The second-order valence-electron chi connectivity index (χ2n) is 7.69. The second kappa shape index (κ2) is 8.77. The summed E-state index contributed by atoms with van der Waals surface area (Å²) >= 11 is 0. The first-order valence-corrected chi connectivity index (χ1v) is 9.46. The van der Waals surface area contributed by atoms with E-state index in [0.29, 0.717) is 12.3 Å². The van der Waals surface area contributed by atoms with Crippen LogP contribution in [-0.4, -0.2) is 52.5 Å². The number of H-pyrrole nitrogens is 1. The predicted molar refractivity (Wildman–Crippen MR) is 113 cm³/mol. The lowest BCUT2D eigenvalue weighted by Gasteiger charge is -2.24. The number of hydrogen-bond donors (Lipinski definition) is 1. The summed E-state index contributed by atoms with van der Waals surface area (Å²) in [6.45, 7) is 6.11. The van der Waals surface area contributed by atoms with Gasteiger partial charge < -0.3 is 19.5 Å². The number of amides is 1. The maximum atomic E-state index is 12.0. The highest BCUT2D eigenvalue weighted by Crippen LogP contribution is 2.17. The summed E-state index contributed by atoms with van der Waals surface area (Å²) in [5.74, 6) is 0. The smallest absolute Gasteiger partial charge is 0.410 e. The number of pyridine rings is 1. The molecule has 0 aliphatic heterocycles. The van der Waals surface area contributed by atoms with Crippen molar-refractivity contribution in [2.45, 2.75) is 26.4 Å². The highest BCUT2D eigenvalue weighted by Gasteiger charge is 2.19. The minimum Gasteiger partial charge on any atom is -0.444 e. The largest absolute Gasteiger partial charge is 0.444 e. The van der Waals surface area contributed by atoms with E-state index in [0.717, 1.165) is 22.2 Å². The van der Waals surface area contributed by atoms with Crippen molar-refractivity contribution >= 4 is 22.7 Å². The molecule has 0 bridgehead atoms. The van der Waals surface area contributed by atoms with Crippen LogP contribution in [0, 0.1) is 0 Å². The van der Waals surface area contributed by atoms with Crippen molar-refractivity contribution in [1.29, 1.82) is 0 Å². The summed E-state index contributed by atoms with van der Waals surface area (Å²) in [5.41, 5.74) is 2.83. The number of ether oxygens (including phenoxy) is 1. The Morgan fingerprint density at radius 1 is 1.21 bits per heavy atom. The molecule has 29 heavy (non-hydrogen) atoms. The highest BCUT2D eigenvalue weighted by molar-refractivity contribution is 6.13. The van der Waals surface area contributed by atoms with Crippen LogP contribution in [-0.2, 0) is 9.57 Å². The quantitative estimate of drug-likeness (QED) is 0.386. The lowest BCUT2D eigenvalue weighted by Crippen LogP contribution is -2.35. The molecule has 0 spiro atoms. The first-order valence-electron chi connectivity index (χ1n) is 9.46. The molecule has 152 valence electrons. The van der Waals surface area contributed by atoms with Gasteiger partial charge in [0, 0.05) is 24.2 Å². The van der Waals surface area contributed by atoms with Gasteiger partial charge in [-0.3, -0.25) is 4.98 Å². The van der Waals surface area contributed by atoms with Crippen molar-refractivity contribution in [3.05, 3.63) is 66.1 Å². The Morgan fingerprint density at radius 3 is 2.66 bits per heavy atom. The van der Waals surface area contributed by atoms with Gasteiger partial charge in [0.05, 0.1) is 24.0 Å². The minimum atomic E-state index is -0.532. The molecule has 0 atom stereocenters. The molecule has 0 fully saturated rings. The first kappa shape index (κ1) is 20.4. The molecule has 2 aromatic heterocycles. The van der Waals surface area contributed by atoms with Crippen LogP contribution in [0.5, 0.6) is 0 Å². The molecule has 0 unspecified atom stereocenters. The highest BCUT2D eigenvalue weighted by atomic mass is 16.6. The molecule has 0 saturated heterocycles. The number of nitrogens with zero attached hydrogens (tertiary/aromatic N) is 3. The number of benzene rings is 1. The fourth-order valence-electron chi connectivity index (χ4n) is 2.67. The third-order valence-electron chi connectivity index (χ3n) is 4.11. The standard InChI is InChI=1S/C22H26N4O3/c1-22(2,3)29-21(27)26(4)12-13-28-25-20(16-8-6-5-7-9-16)18-14-17-10-11-23-15-19(17)24-18/h5-11,14-15,24H,12-13H2,1-4H3/b25-20-. The summed E-state index contributed by atoms with van der Waals surface area (Å²) in [6.07, 6.45) is 3.14. The zero-order chi connectivity index (χ0) is 20.9. The molecule has 0 aliphatic carbocycles. The van der Waals surface area contributed by atoms with Crippen LogP contribution >= 0.6 is 0 Å². The Labute approximate surface area is 170 Å². The van der Waals surface area contributed by atoms with E-state index in [2.05, 4.69) is 15.1 Å². The number of rotatable bonds is 6. The van der Waals surface area contributed by atoms with Crippen molar-refractivity contribution in [2.75, 3.05) is 20.2 Å². The molecule has 3 aromatic rings. The van der Waals surface area contributed by atoms with Gasteiger partial charge in [0.1, 0.15) is 17.9 Å². The third kappa shape index (κ3) is 5.57. The van der Waals surface area contributed by atoms with Gasteiger partial charge in [-0.15, -0.1) is 0 Å². The number of oxime groups is 1. The Hall–Kier alpha value is -3.35. The number of carbonyl (C=O) groups is 1. The Bertz CT molecular complexity index is 957. The van der Waals surface area contributed by atoms with E-state index < -0.39 is 11.7 Å². The number of fused-ring (bicyclic) bond motifs is 1. The van der Waals surface area contributed by atoms with E-state index in [4.69, 9.17) is 9.57 Å². The van der Waals surface area contributed by atoms with Gasteiger partial charge >= 0.3 is 6.09 Å². The summed E-state index contributed by atoms with van der Waals surface area (Å²) in [5, 5.41) is 5.40. The summed E-state index contributed by atoms with van der Waals surface area (Å²) in [4.78, 5) is 26.5. The van der Waals surface area contributed by atoms with E-state index in [1.54, 1.807) is 19.4 Å². The fraction of sp³-hybridized carbons (Fsp3) is 0.318. The van der Waals surface area contributed by atoms with E-state index in [-0.39, 0.29) is 6.61 Å². The van der Waals surface area contributed by atoms with Gasteiger partial charge in [0.25, 0.3) is 0 Å².